The molecule has 2 heterocycles. The van der Waals surface area contributed by atoms with E-state index in [0.29, 0.717) is 17.8 Å². The van der Waals surface area contributed by atoms with Gasteiger partial charge < -0.3 is 14.0 Å². The summed E-state index contributed by atoms with van der Waals surface area (Å²) in [5.74, 6) is -0.919. The van der Waals surface area contributed by atoms with Gasteiger partial charge in [0.25, 0.3) is 5.56 Å². The van der Waals surface area contributed by atoms with Crippen molar-refractivity contribution in [3.8, 4) is 0 Å². The molecule has 0 unspecified atom stereocenters. The summed E-state index contributed by atoms with van der Waals surface area (Å²) in [4.78, 5) is 23.6. The minimum atomic E-state index is -0.464. The second-order valence-electron chi connectivity index (χ2n) is 6.24. The summed E-state index contributed by atoms with van der Waals surface area (Å²) < 4.78 is 26.1. The molecule has 0 amide bonds. The van der Waals surface area contributed by atoms with Gasteiger partial charge in [0.2, 0.25) is 0 Å². The van der Waals surface area contributed by atoms with Crippen molar-refractivity contribution in [1.29, 1.82) is 0 Å². The number of carbonyl (C=O) groups is 1. The number of rotatable bonds is 7. The van der Waals surface area contributed by atoms with Crippen LogP contribution in [0, 0.1) is 5.82 Å². The van der Waals surface area contributed by atoms with Gasteiger partial charge in [0.15, 0.2) is 0 Å². The standard InChI is InChI=1S/C20H20FN3O4/c1-27-13-18-17(20(26)28-2)12-24(22-18)10-15-5-3-14(4-6-15)9-23-11-16(21)7-8-19(23)25/h3-8,11-12H,9-10,13H2,1-2H3. The van der Waals surface area contributed by atoms with Crippen molar-refractivity contribution in [3.63, 3.8) is 0 Å². The predicted molar refractivity (Wildman–Crippen MR) is 99.6 cm³/mol. The van der Waals surface area contributed by atoms with E-state index >= 15 is 0 Å². The Bertz CT molecular complexity index is 1020. The smallest absolute Gasteiger partial charge is 0.341 e. The number of benzene rings is 1. The van der Waals surface area contributed by atoms with Crippen LogP contribution >= 0.6 is 0 Å². The normalized spacial score (nSPS) is 10.8. The third kappa shape index (κ3) is 4.52. The Morgan fingerprint density at radius 1 is 1.04 bits per heavy atom. The number of pyridine rings is 1. The minimum absolute atomic E-state index is 0.207. The van der Waals surface area contributed by atoms with Crippen LogP contribution in [0.5, 0.6) is 0 Å². The molecule has 146 valence electrons. The molecular formula is C20H20FN3O4. The van der Waals surface area contributed by atoms with Gasteiger partial charge >= 0.3 is 5.97 Å². The highest BCUT2D eigenvalue weighted by molar-refractivity contribution is 5.90. The number of methoxy groups -OCH3 is 2. The van der Waals surface area contributed by atoms with Crippen molar-refractivity contribution in [2.24, 2.45) is 0 Å². The Kier molecular flexibility index (Phi) is 6.00. The van der Waals surface area contributed by atoms with Gasteiger partial charge in [-0.25, -0.2) is 9.18 Å². The number of aromatic nitrogens is 3. The summed E-state index contributed by atoms with van der Waals surface area (Å²) in [6.07, 6.45) is 2.81. The van der Waals surface area contributed by atoms with Crippen molar-refractivity contribution in [1.82, 2.24) is 14.3 Å². The molecule has 0 bridgehead atoms. The fourth-order valence-electron chi connectivity index (χ4n) is 2.83. The second-order valence-corrected chi connectivity index (χ2v) is 6.24. The van der Waals surface area contributed by atoms with Crippen LogP contribution in [0.25, 0.3) is 0 Å². The SMILES string of the molecule is COCc1nn(Cc2ccc(Cn3cc(F)ccc3=O)cc2)cc1C(=O)OC. The molecule has 3 aromatic rings. The van der Waals surface area contributed by atoms with Crippen LogP contribution in [-0.4, -0.2) is 34.5 Å². The molecule has 0 N–H and O–H groups in total. The van der Waals surface area contributed by atoms with Gasteiger partial charge in [-0.15, -0.1) is 0 Å². The molecule has 0 saturated heterocycles. The molecule has 0 aliphatic carbocycles. The summed E-state index contributed by atoms with van der Waals surface area (Å²) >= 11 is 0. The zero-order valence-corrected chi connectivity index (χ0v) is 15.6. The Balaban J connectivity index is 1.74. The third-order valence-corrected chi connectivity index (χ3v) is 4.19. The first kappa shape index (κ1) is 19.5. The Labute approximate surface area is 160 Å². The highest BCUT2D eigenvalue weighted by Gasteiger charge is 2.16. The largest absolute Gasteiger partial charge is 0.465 e. The maximum atomic E-state index is 13.3. The van der Waals surface area contributed by atoms with E-state index < -0.39 is 11.8 Å². The zero-order valence-electron chi connectivity index (χ0n) is 15.6. The lowest BCUT2D eigenvalue weighted by atomic mass is 10.1. The fraction of sp³-hybridized carbons (Fsp3) is 0.250. The zero-order chi connectivity index (χ0) is 20.1. The van der Waals surface area contributed by atoms with Crippen LogP contribution < -0.4 is 5.56 Å². The van der Waals surface area contributed by atoms with Crippen LogP contribution in [0.1, 0.15) is 27.2 Å². The van der Waals surface area contributed by atoms with Gasteiger partial charge in [-0.05, 0) is 17.2 Å². The molecule has 0 fully saturated rings. The van der Waals surface area contributed by atoms with Crippen LogP contribution in [0.3, 0.4) is 0 Å². The molecule has 0 aliphatic heterocycles. The van der Waals surface area contributed by atoms with Gasteiger partial charge in [0, 0.05) is 25.6 Å². The van der Waals surface area contributed by atoms with Gasteiger partial charge in [-0.2, -0.15) is 5.10 Å². The van der Waals surface area contributed by atoms with E-state index in [-0.39, 0.29) is 18.7 Å². The van der Waals surface area contributed by atoms with Crippen molar-refractivity contribution in [2.75, 3.05) is 14.2 Å². The van der Waals surface area contributed by atoms with E-state index in [4.69, 9.17) is 9.47 Å². The van der Waals surface area contributed by atoms with Crippen molar-refractivity contribution < 1.29 is 18.7 Å². The van der Waals surface area contributed by atoms with Gasteiger partial charge in [0.05, 0.1) is 26.8 Å². The van der Waals surface area contributed by atoms with Gasteiger partial charge in [-0.3, -0.25) is 9.48 Å². The predicted octanol–water partition coefficient (Wildman–Crippen LogP) is 2.21. The summed E-state index contributed by atoms with van der Waals surface area (Å²) in [5, 5.41) is 4.38. The van der Waals surface area contributed by atoms with Gasteiger partial charge in [-0.1, -0.05) is 24.3 Å². The van der Waals surface area contributed by atoms with Crippen LogP contribution in [0.2, 0.25) is 0 Å². The number of carbonyl (C=O) groups excluding carboxylic acids is 1. The summed E-state index contributed by atoms with van der Waals surface area (Å²) in [7, 11) is 2.85. The number of ether oxygens (including phenoxy) is 2. The average Bonchev–Trinajstić information content (AvgIpc) is 3.08. The summed E-state index contributed by atoms with van der Waals surface area (Å²) in [5.41, 5.74) is 2.44. The van der Waals surface area contributed by atoms with E-state index in [2.05, 4.69) is 5.10 Å². The summed E-state index contributed by atoms with van der Waals surface area (Å²) in [6.45, 7) is 0.940. The number of halogens is 1. The van der Waals surface area contributed by atoms with E-state index in [0.717, 1.165) is 17.2 Å². The first-order chi connectivity index (χ1) is 13.5. The highest BCUT2D eigenvalue weighted by atomic mass is 19.1. The number of hydrogen-bond acceptors (Lipinski definition) is 5. The summed E-state index contributed by atoms with van der Waals surface area (Å²) in [6, 6.07) is 9.88. The van der Waals surface area contributed by atoms with Gasteiger partial charge in [0.1, 0.15) is 17.1 Å². The van der Waals surface area contributed by atoms with Crippen LogP contribution in [-0.2, 0) is 29.2 Å². The molecule has 0 aliphatic rings. The van der Waals surface area contributed by atoms with Crippen LogP contribution in [0.15, 0.2) is 53.6 Å². The maximum Gasteiger partial charge on any atom is 0.341 e. The lowest BCUT2D eigenvalue weighted by molar-refractivity contribution is 0.0595. The number of esters is 1. The van der Waals surface area contributed by atoms with Crippen molar-refractivity contribution in [3.05, 3.63) is 87.3 Å². The monoisotopic (exact) mass is 385 g/mol. The third-order valence-electron chi connectivity index (χ3n) is 4.19. The topological polar surface area (TPSA) is 75.4 Å². The molecular weight excluding hydrogens is 365 g/mol. The van der Waals surface area contributed by atoms with Crippen molar-refractivity contribution >= 4 is 5.97 Å². The Morgan fingerprint density at radius 3 is 2.36 bits per heavy atom. The second kappa shape index (κ2) is 8.62. The molecule has 0 spiro atoms. The molecule has 1 aromatic carbocycles. The fourth-order valence-corrected chi connectivity index (χ4v) is 2.83. The lowest BCUT2D eigenvalue weighted by Gasteiger charge is -2.07. The molecule has 3 rings (SSSR count). The molecule has 28 heavy (non-hydrogen) atoms. The first-order valence-corrected chi connectivity index (χ1v) is 8.57. The van der Waals surface area contributed by atoms with E-state index in [1.54, 1.807) is 10.9 Å². The molecule has 7 nitrogen and oxygen atoms in total. The first-order valence-electron chi connectivity index (χ1n) is 8.57. The molecule has 8 heteroatoms. The van der Waals surface area contributed by atoms with E-state index in [9.17, 15) is 14.0 Å². The number of nitrogens with zero attached hydrogens (tertiary/aromatic N) is 3. The maximum absolute atomic E-state index is 13.3. The van der Waals surface area contributed by atoms with Crippen molar-refractivity contribution in [2.45, 2.75) is 19.7 Å². The molecule has 0 saturated carbocycles. The molecule has 2 aromatic heterocycles. The molecule has 0 atom stereocenters. The Morgan fingerprint density at radius 2 is 1.71 bits per heavy atom. The van der Waals surface area contributed by atoms with E-state index in [1.807, 2.05) is 24.3 Å². The van der Waals surface area contributed by atoms with E-state index in [1.165, 1.54) is 31.0 Å². The van der Waals surface area contributed by atoms with Crippen LogP contribution in [0.4, 0.5) is 4.39 Å². The quantitative estimate of drug-likeness (QED) is 0.583. The minimum Gasteiger partial charge on any atom is -0.465 e. The number of hydrogen-bond donors (Lipinski definition) is 0. The molecule has 0 radical (unpaired) electrons. The Hall–Kier alpha value is -3.26. The average molecular weight is 385 g/mol. The lowest BCUT2D eigenvalue weighted by Crippen LogP contribution is -2.19. The highest BCUT2D eigenvalue weighted by Crippen LogP contribution is 2.13.